The molecule has 0 aliphatic carbocycles. The number of hydrogen-bond donors (Lipinski definition) is 1. The Hall–Kier alpha value is -2.94. The van der Waals surface area contributed by atoms with Gasteiger partial charge in [0.05, 0.1) is 38.1 Å². The molecule has 0 amide bonds. The van der Waals surface area contributed by atoms with E-state index in [-0.39, 0.29) is 12.1 Å². The van der Waals surface area contributed by atoms with Crippen LogP contribution in [0.25, 0.3) is 5.69 Å². The molecule has 34 heavy (non-hydrogen) atoms. The molecule has 2 aliphatic heterocycles. The van der Waals surface area contributed by atoms with Gasteiger partial charge in [0.15, 0.2) is 5.11 Å². The maximum Gasteiger partial charge on any atom is 0.170 e. The lowest BCUT2D eigenvalue weighted by molar-refractivity contribution is 0.0349. The van der Waals surface area contributed by atoms with Gasteiger partial charge in [-0.2, -0.15) is 0 Å². The molecule has 0 unspecified atom stereocenters. The van der Waals surface area contributed by atoms with Gasteiger partial charge in [0.2, 0.25) is 0 Å². The number of thiocarbonyl (C=S) groups is 1. The Kier molecular flexibility index (Phi) is 6.80. The quantitative estimate of drug-likeness (QED) is 0.523. The number of methoxy groups -OCH3 is 1. The molecule has 2 saturated heterocycles. The van der Waals surface area contributed by atoms with Gasteiger partial charge in [-0.1, -0.05) is 6.07 Å². The first-order valence-electron chi connectivity index (χ1n) is 11.8. The maximum absolute atomic E-state index is 5.88. The van der Waals surface area contributed by atoms with Crippen molar-refractivity contribution in [3.8, 4) is 11.4 Å². The van der Waals surface area contributed by atoms with Crippen LogP contribution in [-0.4, -0.2) is 71.0 Å². The van der Waals surface area contributed by atoms with E-state index in [0.717, 1.165) is 61.6 Å². The molecule has 2 fully saturated rings. The van der Waals surface area contributed by atoms with Crippen LogP contribution in [-0.2, 0) is 4.74 Å². The van der Waals surface area contributed by atoms with Crippen LogP contribution in [0.3, 0.4) is 0 Å². The lowest BCUT2D eigenvalue weighted by Gasteiger charge is -2.32. The fourth-order valence-corrected chi connectivity index (χ4v) is 5.25. The molecule has 0 saturated carbocycles. The molecule has 0 radical (unpaired) electrons. The fraction of sp³-hybridized carbons (Fsp3) is 0.385. The predicted molar refractivity (Wildman–Crippen MR) is 136 cm³/mol. The molecular weight excluding hydrogens is 446 g/mol. The Bertz CT molecular complexity index is 1110. The summed E-state index contributed by atoms with van der Waals surface area (Å²) < 4.78 is 13.2. The average molecular weight is 478 g/mol. The van der Waals surface area contributed by atoms with Crippen LogP contribution in [0.2, 0.25) is 0 Å². The number of hydrogen-bond acceptors (Lipinski definition) is 5. The topological polar surface area (TPSA) is 54.8 Å². The van der Waals surface area contributed by atoms with Gasteiger partial charge in [0, 0.05) is 49.5 Å². The van der Waals surface area contributed by atoms with E-state index in [1.807, 2.05) is 30.5 Å². The minimum absolute atomic E-state index is 0.0132. The van der Waals surface area contributed by atoms with Gasteiger partial charge >= 0.3 is 0 Å². The number of benzene rings is 1. The molecule has 2 aromatic heterocycles. The van der Waals surface area contributed by atoms with E-state index >= 15 is 0 Å². The number of pyridine rings is 1. The molecule has 0 spiro atoms. The molecule has 7 nitrogen and oxygen atoms in total. The zero-order valence-electron chi connectivity index (χ0n) is 19.7. The van der Waals surface area contributed by atoms with Crippen LogP contribution < -0.4 is 10.1 Å². The van der Waals surface area contributed by atoms with Crippen molar-refractivity contribution < 1.29 is 9.47 Å². The number of morpholine rings is 1. The normalized spacial score (nSPS) is 21.0. The number of nitrogens with zero attached hydrogens (tertiary/aromatic N) is 4. The molecule has 4 heterocycles. The van der Waals surface area contributed by atoms with E-state index in [1.165, 1.54) is 11.4 Å². The van der Waals surface area contributed by atoms with Crippen molar-refractivity contribution in [2.24, 2.45) is 0 Å². The smallest absolute Gasteiger partial charge is 0.170 e. The van der Waals surface area contributed by atoms with Crippen molar-refractivity contribution >= 4 is 17.3 Å². The summed E-state index contributed by atoms with van der Waals surface area (Å²) in [6.07, 6.45) is 1.85. The summed E-state index contributed by atoms with van der Waals surface area (Å²) in [5.74, 6) is 0.845. The third kappa shape index (κ3) is 4.53. The number of ether oxygens (including phenoxy) is 2. The highest BCUT2D eigenvalue weighted by atomic mass is 32.1. The lowest BCUT2D eigenvalue weighted by Crippen LogP contribution is -2.42. The second-order valence-corrected chi connectivity index (χ2v) is 9.09. The van der Waals surface area contributed by atoms with Gasteiger partial charge in [-0.15, -0.1) is 0 Å². The first-order chi connectivity index (χ1) is 16.7. The average Bonchev–Trinajstić information content (AvgIpc) is 3.42. The summed E-state index contributed by atoms with van der Waals surface area (Å²) in [5, 5.41) is 4.35. The van der Waals surface area contributed by atoms with Gasteiger partial charge in [0.1, 0.15) is 5.75 Å². The highest BCUT2D eigenvalue weighted by Crippen LogP contribution is 2.40. The van der Waals surface area contributed by atoms with E-state index in [2.05, 4.69) is 61.9 Å². The van der Waals surface area contributed by atoms with E-state index in [4.69, 9.17) is 21.7 Å². The number of nitrogens with one attached hydrogen (secondary N) is 1. The summed E-state index contributed by atoms with van der Waals surface area (Å²) in [6.45, 7) is 7.44. The summed E-state index contributed by atoms with van der Waals surface area (Å²) in [6, 6.07) is 18.6. The summed E-state index contributed by atoms with van der Waals surface area (Å²) in [7, 11) is 1.69. The Morgan fingerprint density at radius 1 is 1.06 bits per heavy atom. The highest BCUT2D eigenvalue weighted by Gasteiger charge is 2.41. The zero-order valence-corrected chi connectivity index (χ0v) is 20.5. The van der Waals surface area contributed by atoms with Crippen LogP contribution in [0.1, 0.15) is 29.2 Å². The first kappa shape index (κ1) is 22.8. The molecular formula is C26H31N5O2S. The first-order valence-corrected chi connectivity index (χ1v) is 12.2. The van der Waals surface area contributed by atoms with E-state index in [9.17, 15) is 0 Å². The molecule has 1 aromatic carbocycles. The Labute approximate surface area is 206 Å². The van der Waals surface area contributed by atoms with E-state index in [1.54, 1.807) is 7.11 Å². The van der Waals surface area contributed by atoms with Crippen LogP contribution in [0.4, 0.5) is 0 Å². The summed E-state index contributed by atoms with van der Waals surface area (Å²) in [5.41, 5.74) is 4.45. The SMILES string of the molecule is COc1ccc(-n2c(C)ccc2[C@@H]2[C@H](c3ccccn3)NC(=S)N2CCN2CCOCC2)cc1. The third-order valence-corrected chi connectivity index (χ3v) is 7.05. The fourth-order valence-electron chi connectivity index (χ4n) is 4.92. The van der Waals surface area contributed by atoms with Crippen molar-refractivity contribution in [1.29, 1.82) is 0 Å². The number of rotatable bonds is 7. The largest absolute Gasteiger partial charge is 0.497 e. The molecule has 2 atom stereocenters. The number of aryl methyl sites for hydroxylation is 1. The van der Waals surface area contributed by atoms with Gasteiger partial charge in [-0.25, -0.2) is 0 Å². The lowest BCUT2D eigenvalue weighted by atomic mass is 10.0. The Morgan fingerprint density at radius 2 is 1.85 bits per heavy atom. The van der Waals surface area contributed by atoms with Crippen molar-refractivity contribution in [3.63, 3.8) is 0 Å². The number of aromatic nitrogens is 2. The van der Waals surface area contributed by atoms with Crippen LogP contribution in [0.15, 0.2) is 60.8 Å². The second kappa shape index (κ2) is 10.1. The monoisotopic (exact) mass is 477 g/mol. The van der Waals surface area contributed by atoms with Gasteiger partial charge in [0.25, 0.3) is 0 Å². The Balaban J connectivity index is 1.52. The van der Waals surface area contributed by atoms with Crippen LogP contribution in [0.5, 0.6) is 5.75 Å². The van der Waals surface area contributed by atoms with E-state index < -0.39 is 0 Å². The molecule has 178 valence electrons. The van der Waals surface area contributed by atoms with E-state index in [0.29, 0.717) is 0 Å². The van der Waals surface area contributed by atoms with Crippen molar-refractivity contribution in [1.82, 2.24) is 24.7 Å². The molecule has 1 N–H and O–H groups in total. The second-order valence-electron chi connectivity index (χ2n) is 8.71. The van der Waals surface area contributed by atoms with Gasteiger partial charge < -0.3 is 24.3 Å². The van der Waals surface area contributed by atoms with Gasteiger partial charge in [-0.05, 0) is 67.7 Å². The minimum Gasteiger partial charge on any atom is -0.497 e. The standard InChI is InChI=1S/C26H31N5O2S/c1-19-6-11-23(31(19)20-7-9-21(32-2)10-8-20)25-24(22-5-3-4-12-27-22)28-26(34)30(25)14-13-29-15-17-33-18-16-29/h3-12,24-25H,13-18H2,1-2H3,(H,28,34)/t24-,25+/m0/s1. The predicted octanol–water partition coefficient (Wildman–Crippen LogP) is 3.49. The summed E-state index contributed by atoms with van der Waals surface area (Å²) >= 11 is 5.88. The Morgan fingerprint density at radius 3 is 2.56 bits per heavy atom. The minimum atomic E-state index is -0.0373. The molecule has 2 aliphatic rings. The van der Waals surface area contributed by atoms with Crippen molar-refractivity contribution in [2.45, 2.75) is 19.0 Å². The maximum atomic E-state index is 5.88. The van der Waals surface area contributed by atoms with Gasteiger partial charge in [-0.3, -0.25) is 9.88 Å². The molecule has 3 aromatic rings. The van der Waals surface area contributed by atoms with Crippen molar-refractivity contribution in [3.05, 3.63) is 77.9 Å². The molecule has 5 rings (SSSR count). The third-order valence-electron chi connectivity index (χ3n) is 6.70. The van der Waals surface area contributed by atoms with Crippen LogP contribution in [0, 0.1) is 6.92 Å². The van der Waals surface area contributed by atoms with Crippen molar-refractivity contribution in [2.75, 3.05) is 46.5 Å². The molecule has 8 heteroatoms. The summed E-state index contributed by atoms with van der Waals surface area (Å²) in [4.78, 5) is 9.47. The van der Waals surface area contributed by atoms with Crippen LogP contribution >= 0.6 is 12.2 Å². The molecule has 0 bridgehead atoms. The highest BCUT2D eigenvalue weighted by molar-refractivity contribution is 7.80. The zero-order chi connectivity index (χ0) is 23.5.